The lowest BCUT2D eigenvalue weighted by atomic mass is 9.85. The Kier molecular flexibility index (Phi) is 1.75. The molecule has 0 unspecified atom stereocenters. The molecule has 1 rings (SSSR count). The molecule has 0 nitrogen and oxygen atoms in total. The summed E-state index contributed by atoms with van der Waals surface area (Å²) in [6, 6.07) is 0. The van der Waals surface area contributed by atoms with Crippen LogP contribution in [0.3, 0.4) is 0 Å². The Morgan fingerprint density at radius 3 is 2.56 bits per heavy atom. The van der Waals surface area contributed by atoms with Crippen molar-refractivity contribution >= 4 is 0 Å². The Hall–Kier alpha value is -0.520. The fourth-order valence-electron chi connectivity index (χ4n) is 1.33. The number of allylic oxidation sites excluding steroid dienone is 3. The van der Waals surface area contributed by atoms with E-state index in [1.165, 1.54) is 12.8 Å². The highest BCUT2D eigenvalue weighted by molar-refractivity contribution is 5.02. The molecule has 0 amide bonds. The minimum Gasteiger partial charge on any atom is -0.103 e. The Bertz CT molecular complexity index is 123. The smallest absolute Gasteiger partial charge is 0.0222 e. The van der Waals surface area contributed by atoms with E-state index in [1.807, 2.05) is 6.08 Å². The van der Waals surface area contributed by atoms with Crippen molar-refractivity contribution in [1.82, 2.24) is 0 Å². The fraction of sp³-hybridized carbons (Fsp3) is 0.556. The monoisotopic (exact) mass is 122 g/mol. The highest BCUT2D eigenvalue weighted by Crippen LogP contribution is 2.35. The van der Waals surface area contributed by atoms with Gasteiger partial charge in [0.05, 0.1) is 0 Å². The van der Waals surface area contributed by atoms with Crippen molar-refractivity contribution in [2.24, 2.45) is 5.41 Å². The summed E-state index contributed by atoms with van der Waals surface area (Å²) in [5, 5.41) is 0. The lowest BCUT2D eigenvalue weighted by Gasteiger charge is -2.20. The summed E-state index contributed by atoms with van der Waals surface area (Å²) in [4.78, 5) is 0. The minimum atomic E-state index is 0.516. The van der Waals surface area contributed by atoms with Crippen molar-refractivity contribution in [3.05, 3.63) is 24.8 Å². The van der Waals surface area contributed by atoms with E-state index in [1.54, 1.807) is 0 Å². The van der Waals surface area contributed by atoms with Gasteiger partial charge in [0, 0.05) is 0 Å². The summed E-state index contributed by atoms with van der Waals surface area (Å²) in [6.07, 6.45) is 10.2. The topological polar surface area (TPSA) is 0 Å². The van der Waals surface area contributed by atoms with Crippen molar-refractivity contribution in [3.8, 4) is 0 Å². The predicted molar refractivity (Wildman–Crippen MR) is 41.3 cm³/mol. The molecule has 1 aliphatic carbocycles. The molecule has 0 heterocycles. The van der Waals surface area contributed by atoms with Crippen LogP contribution < -0.4 is 0 Å². The highest BCUT2D eigenvalue weighted by Gasteiger charge is 2.22. The molecule has 0 aromatic carbocycles. The molecule has 0 saturated heterocycles. The quantitative estimate of drug-likeness (QED) is 0.494. The number of hydrogen-bond donors (Lipinski definition) is 0. The van der Waals surface area contributed by atoms with E-state index in [2.05, 4.69) is 25.7 Å². The lowest BCUT2D eigenvalue weighted by molar-refractivity contribution is 0.358. The average molecular weight is 122 g/mol. The van der Waals surface area contributed by atoms with E-state index in [0.717, 1.165) is 6.42 Å². The van der Waals surface area contributed by atoms with Crippen molar-refractivity contribution in [3.63, 3.8) is 0 Å². The molecule has 9 heavy (non-hydrogen) atoms. The fourth-order valence-corrected chi connectivity index (χ4v) is 1.33. The van der Waals surface area contributed by atoms with Crippen LogP contribution in [0.5, 0.6) is 0 Å². The Balaban J connectivity index is 2.44. The second-order valence-electron chi connectivity index (χ2n) is 3.18. The van der Waals surface area contributed by atoms with Crippen molar-refractivity contribution in [2.45, 2.75) is 26.2 Å². The van der Waals surface area contributed by atoms with Gasteiger partial charge in [-0.1, -0.05) is 25.2 Å². The van der Waals surface area contributed by atoms with E-state index in [0.29, 0.717) is 5.41 Å². The predicted octanol–water partition coefficient (Wildman–Crippen LogP) is 2.92. The van der Waals surface area contributed by atoms with Crippen LogP contribution in [0.4, 0.5) is 0 Å². The second kappa shape index (κ2) is 2.38. The van der Waals surface area contributed by atoms with Crippen LogP contribution in [0, 0.1) is 5.41 Å². The first kappa shape index (κ1) is 6.60. The summed E-state index contributed by atoms with van der Waals surface area (Å²) in [6.45, 7) is 6.06. The molecule has 0 saturated carbocycles. The minimum absolute atomic E-state index is 0.516. The number of hydrogen-bond acceptors (Lipinski definition) is 0. The molecule has 0 aromatic heterocycles. The second-order valence-corrected chi connectivity index (χ2v) is 3.18. The first-order chi connectivity index (χ1) is 4.27. The lowest BCUT2D eigenvalue weighted by Crippen LogP contribution is -2.08. The highest BCUT2D eigenvalue weighted by atomic mass is 14.3. The molecule has 0 aliphatic heterocycles. The maximum atomic E-state index is 3.74. The zero-order valence-electron chi connectivity index (χ0n) is 6.06. The van der Waals surface area contributed by atoms with E-state index < -0.39 is 0 Å². The van der Waals surface area contributed by atoms with Gasteiger partial charge in [-0.3, -0.25) is 0 Å². The zero-order valence-corrected chi connectivity index (χ0v) is 6.06. The van der Waals surface area contributed by atoms with Gasteiger partial charge in [-0.25, -0.2) is 0 Å². The normalized spacial score (nSPS) is 22.3. The van der Waals surface area contributed by atoms with Gasteiger partial charge in [-0.2, -0.15) is 0 Å². The van der Waals surface area contributed by atoms with Gasteiger partial charge in [-0.05, 0) is 24.7 Å². The van der Waals surface area contributed by atoms with Crippen LogP contribution in [0.15, 0.2) is 24.8 Å². The van der Waals surface area contributed by atoms with Gasteiger partial charge in [0.2, 0.25) is 0 Å². The first-order valence-electron chi connectivity index (χ1n) is 3.53. The van der Waals surface area contributed by atoms with Gasteiger partial charge in [0.25, 0.3) is 0 Å². The van der Waals surface area contributed by atoms with Gasteiger partial charge >= 0.3 is 0 Å². The van der Waals surface area contributed by atoms with Gasteiger partial charge in [-0.15, -0.1) is 6.58 Å². The van der Waals surface area contributed by atoms with Crippen LogP contribution in [0.25, 0.3) is 0 Å². The third kappa shape index (κ3) is 1.44. The molecule has 0 aromatic rings. The summed E-state index contributed by atoms with van der Waals surface area (Å²) in [7, 11) is 0. The van der Waals surface area contributed by atoms with E-state index in [9.17, 15) is 0 Å². The third-order valence-electron chi connectivity index (χ3n) is 2.03. The summed E-state index contributed by atoms with van der Waals surface area (Å²) >= 11 is 0. The Labute approximate surface area is 57.3 Å². The molecule has 0 fully saturated rings. The number of rotatable bonds is 2. The first-order valence-corrected chi connectivity index (χ1v) is 3.53. The molecular weight excluding hydrogens is 108 g/mol. The van der Waals surface area contributed by atoms with Crippen molar-refractivity contribution in [1.29, 1.82) is 0 Å². The summed E-state index contributed by atoms with van der Waals surface area (Å²) in [5.41, 5.74) is 0.516. The van der Waals surface area contributed by atoms with Crippen LogP contribution >= 0.6 is 0 Å². The van der Waals surface area contributed by atoms with Crippen molar-refractivity contribution < 1.29 is 0 Å². The molecule has 0 spiro atoms. The summed E-state index contributed by atoms with van der Waals surface area (Å²) < 4.78 is 0. The molecule has 0 radical (unpaired) electrons. The molecule has 0 heteroatoms. The van der Waals surface area contributed by atoms with E-state index in [4.69, 9.17) is 0 Å². The largest absolute Gasteiger partial charge is 0.103 e. The third-order valence-corrected chi connectivity index (χ3v) is 2.03. The van der Waals surface area contributed by atoms with Gasteiger partial charge in [0.1, 0.15) is 0 Å². The van der Waals surface area contributed by atoms with Crippen LogP contribution in [0.1, 0.15) is 26.2 Å². The standard InChI is InChI=1S/C9H14/c1-3-6-9(2)7-4-5-8-9/h3-5H,1,6-8H2,2H3. The molecule has 0 bridgehead atoms. The maximum Gasteiger partial charge on any atom is -0.0222 e. The Morgan fingerprint density at radius 1 is 1.56 bits per heavy atom. The van der Waals surface area contributed by atoms with E-state index in [-0.39, 0.29) is 0 Å². The molecule has 0 N–H and O–H groups in total. The van der Waals surface area contributed by atoms with Crippen LogP contribution in [-0.2, 0) is 0 Å². The Morgan fingerprint density at radius 2 is 2.11 bits per heavy atom. The zero-order chi connectivity index (χ0) is 6.74. The van der Waals surface area contributed by atoms with Crippen LogP contribution in [-0.4, -0.2) is 0 Å². The molecule has 1 aliphatic rings. The van der Waals surface area contributed by atoms with Gasteiger partial charge < -0.3 is 0 Å². The maximum absolute atomic E-state index is 3.74. The molecule has 50 valence electrons. The molecular formula is C9H14. The summed E-state index contributed by atoms with van der Waals surface area (Å²) in [5.74, 6) is 0. The van der Waals surface area contributed by atoms with Gasteiger partial charge in [0.15, 0.2) is 0 Å². The van der Waals surface area contributed by atoms with Crippen molar-refractivity contribution in [2.75, 3.05) is 0 Å². The van der Waals surface area contributed by atoms with E-state index >= 15 is 0 Å². The van der Waals surface area contributed by atoms with Crippen LogP contribution in [0.2, 0.25) is 0 Å². The molecule has 0 atom stereocenters. The SMILES string of the molecule is C=CCC1(C)CC=CC1. The average Bonchev–Trinajstić information content (AvgIpc) is 2.16.